The van der Waals surface area contributed by atoms with Gasteiger partial charge in [0.2, 0.25) is 0 Å². The lowest BCUT2D eigenvalue weighted by Gasteiger charge is -2.12. The quantitative estimate of drug-likeness (QED) is 0.510. The summed E-state index contributed by atoms with van der Waals surface area (Å²) in [6.07, 6.45) is -0.227. The summed E-state index contributed by atoms with van der Waals surface area (Å²) >= 11 is 0. The Morgan fingerprint density at radius 2 is 1.93 bits per heavy atom. The van der Waals surface area contributed by atoms with Gasteiger partial charge in [0.15, 0.2) is 5.69 Å². The summed E-state index contributed by atoms with van der Waals surface area (Å²) in [4.78, 5) is 12.4. The van der Waals surface area contributed by atoms with Crippen molar-refractivity contribution in [1.82, 2.24) is 0 Å². The number of hydrogen-bond acceptors (Lipinski definition) is 6. The molecule has 0 radical (unpaired) electrons. The first-order valence-corrected chi connectivity index (χ1v) is 8.54. The number of carbonyl (C=O) groups is 1. The van der Waals surface area contributed by atoms with E-state index in [1.807, 2.05) is 0 Å². The second-order valence-corrected chi connectivity index (χ2v) is 6.44. The van der Waals surface area contributed by atoms with Crippen LogP contribution in [-0.2, 0) is 11.3 Å². The SMILES string of the molecule is Cc1oc2ccc(OCc3ccc([NH+]([O-])O)cc3)cc2c1C(=O)OC(C)C. The zero-order valence-electron chi connectivity index (χ0n) is 15.3. The number of rotatable bonds is 6. The van der Waals surface area contributed by atoms with Gasteiger partial charge in [-0.3, -0.25) is 0 Å². The molecular formula is C20H21NO6. The van der Waals surface area contributed by atoms with Gasteiger partial charge in [-0.25, -0.2) is 10.0 Å². The number of aryl methyl sites for hydroxylation is 1. The normalized spacial score (nSPS) is 12.4. The van der Waals surface area contributed by atoms with Gasteiger partial charge in [0, 0.05) is 17.5 Å². The predicted octanol–water partition coefficient (Wildman–Crippen LogP) is 3.29. The van der Waals surface area contributed by atoms with Gasteiger partial charge in [-0.2, -0.15) is 5.23 Å². The first kappa shape index (κ1) is 18.9. The summed E-state index contributed by atoms with van der Waals surface area (Å²) in [6, 6.07) is 11.7. The highest BCUT2D eigenvalue weighted by Crippen LogP contribution is 2.30. The highest BCUT2D eigenvalue weighted by molar-refractivity contribution is 6.04. The number of hydrogen-bond donors (Lipinski definition) is 2. The van der Waals surface area contributed by atoms with Gasteiger partial charge >= 0.3 is 5.97 Å². The lowest BCUT2D eigenvalue weighted by molar-refractivity contribution is -0.991. The van der Waals surface area contributed by atoms with Crippen molar-refractivity contribution in [2.45, 2.75) is 33.5 Å². The molecule has 0 amide bonds. The molecule has 7 nitrogen and oxygen atoms in total. The maximum absolute atomic E-state index is 12.4. The second kappa shape index (κ2) is 7.79. The van der Waals surface area contributed by atoms with E-state index >= 15 is 0 Å². The van der Waals surface area contributed by atoms with Gasteiger partial charge in [-0.15, -0.1) is 0 Å². The van der Waals surface area contributed by atoms with Crippen LogP contribution in [0.1, 0.15) is 35.5 Å². The number of ether oxygens (including phenoxy) is 2. The number of nitrogens with one attached hydrogen (secondary N) is 1. The van der Waals surface area contributed by atoms with Crippen LogP contribution < -0.4 is 9.96 Å². The molecule has 0 aliphatic heterocycles. The summed E-state index contributed by atoms with van der Waals surface area (Å²) in [5.74, 6) is 0.643. The van der Waals surface area contributed by atoms with Crippen LogP contribution in [0.2, 0.25) is 0 Å². The number of benzene rings is 2. The first-order chi connectivity index (χ1) is 12.8. The molecule has 0 spiro atoms. The average Bonchev–Trinajstić information content (AvgIpc) is 2.94. The number of fused-ring (bicyclic) bond motifs is 1. The smallest absolute Gasteiger partial charge is 0.342 e. The van der Waals surface area contributed by atoms with Crippen molar-refractivity contribution in [3.8, 4) is 5.75 Å². The third-order valence-corrected chi connectivity index (χ3v) is 3.99. The van der Waals surface area contributed by atoms with Crippen molar-refractivity contribution < 1.29 is 29.1 Å². The van der Waals surface area contributed by atoms with Crippen LogP contribution in [0, 0.1) is 12.1 Å². The van der Waals surface area contributed by atoms with E-state index in [9.17, 15) is 10.0 Å². The van der Waals surface area contributed by atoms with Crippen LogP contribution in [0.15, 0.2) is 46.9 Å². The maximum atomic E-state index is 12.4. The van der Waals surface area contributed by atoms with Crippen molar-refractivity contribution in [1.29, 1.82) is 0 Å². The summed E-state index contributed by atoms with van der Waals surface area (Å²) in [7, 11) is 0. The van der Waals surface area contributed by atoms with Crippen LogP contribution in [0.4, 0.5) is 5.69 Å². The Hall–Kier alpha value is -2.87. The van der Waals surface area contributed by atoms with Crippen LogP contribution in [0.25, 0.3) is 11.0 Å². The van der Waals surface area contributed by atoms with E-state index < -0.39 is 11.2 Å². The van der Waals surface area contributed by atoms with Gasteiger partial charge in [0.1, 0.15) is 29.3 Å². The third-order valence-electron chi connectivity index (χ3n) is 3.99. The maximum Gasteiger partial charge on any atom is 0.342 e. The van der Waals surface area contributed by atoms with Crippen LogP contribution in [-0.4, -0.2) is 17.3 Å². The van der Waals surface area contributed by atoms with Gasteiger partial charge in [-0.1, -0.05) is 0 Å². The Kier molecular flexibility index (Phi) is 5.46. The van der Waals surface area contributed by atoms with Crippen LogP contribution in [0.3, 0.4) is 0 Å². The van der Waals surface area contributed by atoms with Crippen molar-refractivity contribution in [2.75, 3.05) is 0 Å². The summed E-state index contributed by atoms with van der Waals surface area (Å²) < 4.78 is 16.7. The first-order valence-electron chi connectivity index (χ1n) is 8.54. The molecule has 3 rings (SSSR count). The molecule has 1 atom stereocenters. The van der Waals surface area contributed by atoms with Gasteiger partial charge in [-0.05, 0) is 56.7 Å². The zero-order chi connectivity index (χ0) is 19.6. The molecule has 3 aromatic rings. The molecule has 2 aromatic carbocycles. The van der Waals surface area contributed by atoms with Crippen molar-refractivity contribution in [3.63, 3.8) is 0 Å². The molecule has 27 heavy (non-hydrogen) atoms. The van der Waals surface area contributed by atoms with Crippen LogP contribution in [0.5, 0.6) is 5.75 Å². The fraction of sp³-hybridized carbons (Fsp3) is 0.250. The summed E-state index contributed by atoms with van der Waals surface area (Å²) in [5, 5.41) is 19.5. The Bertz CT molecular complexity index is 943. The van der Waals surface area contributed by atoms with E-state index in [4.69, 9.17) is 19.1 Å². The Morgan fingerprint density at radius 3 is 2.56 bits per heavy atom. The standard InChI is InChI=1S/C20H21NO6/c1-12(2)26-20(22)19-13(3)27-18-9-8-16(10-17(18)19)25-11-14-4-6-15(7-5-14)21(23)24/h4-10,12,21,23H,11H2,1-3H3. The minimum atomic E-state index is -0.968. The zero-order valence-corrected chi connectivity index (χ0v) is 15.3. The molecule has 0 aliphatic carbocycles. The van der Waals surface area contributed by atoms with Gasteiger partial charge in [0.25, 0.3) is 0 Å². The van der Waals surface area contributed by atoms with Crippen molar-refractivity contribution in [3.05, 3.63) is 64.6 Å². The van der Waals surface area contributed by atoms with E-state index in [1.165, 1.54) is 12.1 Å². The third kappa shape index (κ3) is 4.28. The monoisotopic (exact) mass is 371 g/mol. The lowest BCUT2D eigenvalue weighted by atomic mass is 10.1. The molecule has 0 fully saturated rings. The molecule has 0 bridgehead atoms. The predicted molar refractivity (Wildman–Crippen MR) is 98.1 cm³/mol. The number of quaternary nitrogens is 1. The largest absolute Gasteiger partial charge is 0.595 e. The minimum Gasteiger partial charge on any atom is -0.595 e. The van der Waals surface area contributed by atoms with Gasteiger partial charge in [0.05, 0.1) is 6.10 Å². The van der Waals surface area contributed by atoms with Crippen molar-refractivity contribution in [2.24, 2.45) is 0 Å². The summed E-state index contributed by atoms with van der Waals surface area (Å²) in [6.45, 7) is 5.58. The highest BCUT2D eigenvalue weighted by atomic mass is 16.8. The van der Waals surface area contributed by atoms with E-state index in [2.05, 4.69) is 0 Å². The van der Waals surface area contributed by atoms with E-state index in [1.54, 1.807) is 51.1 Å². The molecular weight excluding hydrogens is 350 g/mol. The lowest BCUT2D eigenvalue weighted by Crippen LogP contribution is -2.99. The fourth-order valence-corrected chi connectivity index (χ4v) is 2.73. The molecule has 7 heteroatoms. The average molecular weight is 371 g/mol. The molecule has 0 saturated carbocycles. The molecule has 142 valence electrons. The molecule has 1 heterocycles. The fourth-order valence-electron chi connectivity index (χ4n) is 2.73. The number of esters is 1. The molecule has 0 aliphatic rings. The minimum absolute atomic E-state index is 0.224. The van der Waals surface area contributed by atoms with E-state index in [0.29, 0.717) is 28.0 Å². The van der Waals surface area contributed by atoms with E-state index in [0.717, 1.165) is 5.56 Å². The number of carbonyl (C=O) groups excluding carboxylic acids is 1. The van der Waals surface area contributed by atoms with Crippen molar-refractivity contribution >= 4 is 22.6 Å². The van der Waals surface area contributed by atoms with E-state index in [-0.39, 0.29) is 18.4 Å². The molecule has 1 unspecified atom stereocenters. The topological polar surface area (TPSA) is 96.4 Å². The molecule has 0 saturated heterocycles. The van der Waals surface area contributed by atoms with Gasteiger partial charge < -0.3 is 19.1 Å². The Balaban J connectivity index is 1.80. The Labute approximate surface area is 156 Å². The Morgan fingerprint density at radius 1 is 1.22 bits per heavy atom. The number of furan rings is 1. The molecule has 1 aromatic heterocycles. The highest BCUT2D eigenvalue weighted by Gasteiger charge is 2.21. The second-order valence-electron chi connectivity index (χ2n) is 6.44. The molecule has 2 N–H and O–H groups in total. The van der Waals surface area contributed by atoms with Crippen LogP contribution >= 0.6 is 0 Å². The summed E-state index contributed by atoms with van der Waals surface area (Å²) in [5.41, 5.74) is 2.04.